The largest absolute Gasteiger partial charge is 0.493 e. The van der Waals surface area contributed by atoms with Gasteiger partial charge in [-0.2, -0.15) is 0 Å². The lowest BCUT2D eigenvalue weighted by Gasteiger charge is -2.42. The highest BCUT2D eigenvalue weighted by Gasteiger charge is 2.41. The highest BCUT2D eigenvalue weighted by atomic mass is 35.5. The number of aromatic nitrogens is 1. The molecule has 0 bridgehead atoms. The SMILES string of the molecule is Cc1cc(OC[C@@]2(CC(N)=O)CCCN(C(=O)c3c(-c4ccccc4Cl)noc3C)C2)ccc1Cl. The third-order valence-corrected chi connectivity index (χ3v) is 7.13. The zero-order valence-corrected chi connectivity index (χ0v) is 21.2. The predicted octanol–water partition coefficient (Wildman–Crippen LogP) is 5.44. The molecule has 0 aliphatic carbocycles. The maximum atomic E-state index is 13.7. The van der Waals surface area contributed by atoms with E-state index in [1.165, 1.54) is 0 Å². The molecule has 2 N–H and O–H groups in total. The first-order chi connectivity index (χ1) is 16.7. The molecule has 3 aromatic rings. The molecule has 1 saturated heterocycles. The van der Waals surface area contributed by atoms with Crippen molar-refractivity contribution in [2.24, 2.45) is 11.1 Å². The molecule has 0 spiro atoms. The van der Waals surface area contributed by atoms with Gasteiger partial charge in [-0.15, -0.1) is 0 Å². The van der Waals surface area contributed by atoms with E-state index in [0.717, 1.165) is 5.56 Å². The van der Waals surface area contributed by atoms with Crippen molar-refractivity contribution in [3.63, 3.8) is 0 Å². The quantitative estimate of drug-likeness (QED) is 0.451. The Hall–Kier alpha value is -3.03. The van der Waals surface area contributed by atoms with Crippen molar-refractivity contribution in [2.45, 2.75) is 33.1 Å². The van der Waals surface area contributed by atoms with Crippen LogP contribution in [0.3, 0.4) is 0 Å². The summed E-state index contributed by atoms with van der Waals surface area (Å²) in [6, 6.07) is 12.6. The summed E-state index contributed by atoms with van der Waals surface area (Å²) in [6.45, 7) is 4.68. The molecule has 0 radical (unpaired) electrons. The Morgan fingerprint density at radius 1 is 1.17 bits per heavy atom. The van der Waals surface area contributed by atoms with Gasteiger partial charge in [0.1, 0.15) is 22.8 Å². The van der Waals surface area contributed by atoms with Crippen LogP contribution < -0.4 is 10.5 Å². The number of ether oxygens (including phenoxy) is 1. The fourth-order valence-electron chi connectivity index (χ4n) is 4.63. The maximum absolute atomic E-state index is 13.7. The van der Waals surface area contributed by atoms with E-state index >= 15 is 0 Å². The van der Waals surface area contributed by atoms with Crippen molar-refractivity contribution in [3.8, 4) is 17.0 Å². The smallest absolute Gasteiger partial charge is 0.259 e. The number of halogens is 2. The molecule has 1 atom stereocenters. The van der Waals surface area contributed by atoms with Crippen LogP contribution in [0.15, 0.2) is 47.0 Å². The van der Waals surface area contributed by atoms with E-state index in [0.29, 0.717) is 64.3 Å². The van der Waals surface area contributed by atoms with Gasteiger partial charge in [0.25, 0.3) is 5.91 Å². The molecule has 9 heteroatoms. The summed E-state index contributed by atoms with van der Waals surface area (Å²) in [5.41, 5.74) is 7.28. The lowest BCUT2D eigenvalue weighted by Crippen LogP contribution is -2.50. The maximum Gasteiger partial charge on any atom is 0.259 e. The van der Waals surface area contributed by atoms with E-state index in [2.05, 4.69) is 5.16 Å². The number of benzene rings is 2. The van der Waals surface area contributed by atoms with E-state index in [-0.39, 0.29) is 18.9 Å². The van der Waals surface area contributed by atoms with Crippen LogP contribution in [0.4, 0.5) is 0 Å². The van der Waals surface area contributed by atoms with Crippen LogP contribution >= 0.6 is 23.2 Å². The van der Waals surface area contributed by atoms with Gasteiger partial charge in [0.05, 0.1) is 11.6 Å². The van der Waals surface area contributed by atoms with Crippen LogP contribution in [-0.2, 0) is 4.79 Å². The molecule has 2 amide bonds. The van der Waals surface area contributed by atoms with Gasteiger partial charge in [0.2, 0.25) is 5.91 Å². The van der Waals surface area contributed by atoms with Gasteiger partial charge in [-0.1, -0.05) is 46.6 Å². The van der Waals surface area contributed by atoms with Crippen molar-refractivity contribution in [3.05, 3.63) is 69.4 Å². The minimum Gasteiger partial charge on any atom is -0.493 e. The van der Waals surface area contributed by atoms with Gasteiger partial charge < -0.3 is 19.9 Å². The number of carbonyl (C=O) groups excluding carboxylic acids is 2. The number of likely N-dealkylation sites (tertiary alicyclic amines) is 1. The van der Waals surface area contributed by atoms with Crippen molar-refractivity contribution >= 4 is 35.0 Å². The summed E-state index contributed by atoms with van der Waals surface area (Å²) in [6.07, 6.45) is 1.50. The standard InChI is InChI=1S/C26H27Cl2N3O4/c1-16-12-18(8-9-20(16)27)34-15-26(13-22(29)32)10-5-11-31(14-26)25(33)23-17(2)35-30-24(23)19-6-3-4-7-21(19)28/h3-4,6-9,12H,5,10-11,13-15H2,1-2H3,(H2,29,32)/t26-/m1/s1. The number of hydrogen-bond donors (Lipinski definition) is 1. The number of carbonyl (C=O) groups is 2. The summed E-state index contributed by atoms with van der Waals surface area (Å²) in [4.78, 5) is 27.5. The summed E-state index contributed by atoms with van der Waals surface area (Å²) in [7, 11) is 0. The van der Waals surface area contributed by atoms with Crippen LogP contribution in [0, 0.1) is 19.3 Å². The zero-order valence-electron chi connectivity index (χ0n) is 19.6. The fourth-order valence-corrected chi connectivity index (χ4v) is 4.97. The summed E-state index contributed by atoms with van der Waals surface area (Å²) >= 11 is 12.5. The predicted molar refractivity (Wildman–Crippen MR) is 135 cm³/mol. The van der Waals surface area contributed by atoms with Gasteiger partial charge in [0, 0.05) is 35.5 Å². The second-order valence-electron chi connectivity index (χ2n) is 9.12. The van der Waals surface area contributed by atoms with Gasteiger partial charge in [-0.3, -0.25) is 9.59 Å². The van der Waals surface area contributed by atoms with Crippen LogP contribution in [0.1, 0.15) is 40.9 Å². The molecular weight excluding hydrogens is 489 g/mol. The van der Waals surface area contributed by atoms with E-state index in [1.54, 1.807) is 36.1 Å². The zero-order chi connectivity index (χ0) is 25.2. The fraction of sp³-hybridized carbons (Fsp3) is 0.346. The van der Waals surface area contributed by atoms with Crippen LogP contribution in [0.5, 0.6) is 5.75 Å². The molecule has 0 unspecified atom stereocenters. The van der Waals surface area contributed by atoms with Gasteiger partial charge in [-0.25, -0.2) is 0 Å². The van der Waals surface area contributed by atoms with Crippen molar-refractivity contribution in [2.75, 3.05) is 19.7 Å². The van der Waals surface area contributed by atoms with E-state index in [9.17, 15) is 9.59 Å². The average molecular weight is 516 g/mol. The molecule has 1 aromatic heterocycles. The number of rotatable bonds is 7. The lowest BCUT2D eigenvalue weighted by atomic mass is 9.77. The Kier molecular flexibility index (Phi) is 7.38. The Morgan fingerprint density at radius 2 is 1.94 bits per heavy atom. The summed E-state index contributed by atoms with van der Waals surface area (Å²) < 4.78 is 11.5. The van der Waals surface area contributed by atoms with Crippen LogP contribution in [0.25, 0.3) is 11.3 Å². The molecular formula is C26H27Cl2N3O4. The lowest BCUT2D eigenvalue weighted by molar-refractivity contribution is -0.122. The molecule has 0 saturated carbocycles. The molecule has 1 fully saturated rings. The Labute approximate surface area is 214 Å². The van der Waals surface area contributed by atoms with Gasteiger partial charge in [0.15, 0.2) is 0 Å². The molecule has 1 aliphatic heterocycles. The molecule has 4 rings (SSSR count). The number of nitrogens with two attached hydrogens (primary N) is 1. The Balaban J connectivity index is 1.60. The third kappa shape index (κ3) is 5.46. The van der Waals surface area contributed by atoms with Crippen molar-refractivity contribution in [1.29, 1.82) is 0 Å². The molecule has 1 aliphatic rings. The molecule has 35 heavy (non-hydrogen) atoms. The number of primary amides is 1. The number of amides is 2. The van der Waals surface area contributed by atoms with E-state index < -0.39 is 11.3 Å². The monoisotopic (exact) mass is 515 g/mol. The minimum absolute atomic E-state index is 0.101. The van der Waals surface area contributed by atoms with Crippen LogP contribution in [0.2, 0.25) is 10.0 Å². The highest BCUT2D eigenvalue weighted by molar-refractivity contribution is 6.33. The normalized spacial score (nSPS) is 17.9. The topological polar surface area (TPSA) is 98.7 Å². The second-order valence-corrected chi connectivity index (χ2v) is 9.93. The second kappa shape index (κ2) is 10.3. The van der Waals surface area contributed by atoms with Crippen molar-refractivity contribution in [1.82, 2.24) is 10.1 Å². The number of hydrogen-bond acceptors (Lipinski definition) is 5. The molecule has 2 heterocycles. The van der Waals surface area contributed by atoms with Crippen molar-refractivity contribution < 1.29 is 18.8 Å². The minimum atomic E-state index is -0.622. The first-order valence-electron chi connectivity index (χ1n) is 11.4. The highest BCUT2D eigenvalue weighted by Crippen LogP contribution is 2.37. The van der Waals surface area contributed by atoms with Gasteiger partial charge in [-0.05, 0) is 56.5 Å². The Morgan fingerprint density at radius 3 is 2.66 bits per heavy atom. The molecule has 7 nitrogen and oxygen atoms in total. The molecule has 2 aromatic carbocycles. The van der Waals surface area contributed by atoms with Gasteiger partial charge >= 0.3 is 0 Å². The number of nitrogens with zero attached hydrogens (tertiary/aromatic N) is 2. The number of aryl methyl sites for hydroxylation is 2. The van der Waals surface area contributed by atoms with E-state index in [4.69, 9.17) is 38.2 Å². The summed E-state index contributed by atoms with van der Waals surface area (Å²) in [5.74, 6) is 0.390. The Bertz CT molecular complexity index is 1260. The van der Waals surface area contributed by atoms with Crippen LogP contribution in [-0.4, -0.2) is 41.6 Å². The average Bonchev–Trinajstić information content (AvgIpc) is 3.20. The molecule has 184 valence electrons. The first-order valence-corrected chi connectivity index (χ1v) is 12.1. The summed E-state index contributed by atoms with van der Waals surface area (Å²) in [5, 5.41) is 5.25. The third-order valence-electron chi connectivity index (χ3n) is 6.38. The first kappa shape index (κ1) is 25.1. The number of piperidine rings is 1. The van der Waals surface area contributed by atoms with E-state index in [1.807, 2.05) is 25.1 Å².